The molecule has 33 heavy (non-hydrogen) atoms. The van der Waals surface area contributed by atoms with E-state index in [1.807, 2.05) is 24.3 Å². The minimum Gasteiger partial charge on any atom is -0.399 e. The molecule has 0 N–H and O–H groups in total. The van der Waals surface area contributed by atoms with Crippen molar-refractivity contribution < 1.29 is 9.31 Å². The van der Waals surface area contributed by atoms with Crippen LogP contribution in [0.25, 0.3) is 33.0 Å². The molecule has 1 heterocycles. The zero-order valence-corrected chi connectivity index (χ0v) is 19.4. The van der Waals surface area contributed by atoms with Gasteiger partial charge in [-0.25, -0.2) is 0 Å². The van der Waals surface area contributed by atoms with Gasteiger partial charge >= 0.3 is 7.12 Å². The SMILES string of the molecule is CC1(C)OB(c2ccc(-c3ccc(-c4ccc(C#N)cc4)cc3)c3ccccc23)OC1(C)C. The minimum atomic E-state index is -0.396. The van der Waals surface area contributed by atoms with Crippen molar-refractivity contribution in [3.8, 4) is 28.3 Å². The summed E-state index contributed by atoms with van der Waals surface area (Å²) in [5.41, 5.74) is 5.53. The molecular weight excluding hydrogens is 405 g/mol. The highest BCUT2D eigenvalue weighted by atomic mass is 16.7. The maximum Gasteiger partial charge on any atom is 0.495 e. The first kappa shape index (κ1) is 21.5. The topological polar surface area (TPSA) is 42.2 Å². The molecule has 1 fully saturated rings. The highest BCUT2D eigenvalue weighted by Gasteiger charge is 2.52. The van der Waals surface area contributed by atoms with Gasteiger partial charge in [0.25, 0.3) is 0 Å². The fourth-order valence-corrected chi connectivity index (χ4v) is 4.33. The Bertz CT molecular complexity index is 1350. The Balaban J connectivity index is 1.52. The van der Waals surface area contributed by atoms with Gasteiger partial charge in [-0.15, -0.1) is 0 Å². The maximum absolute atomic E-state index is 9.02. The Morgan fingerprint density at radius 3 is 1.73 bits per heavy atom. The summed E-state index contributed by atoms with van der Waals surface area (Å²) in [6.45, 7) is 8.33. The van der Waals surface area contributed by atoms with Crippen molar-refractivity contribution >= 4 is 23.4 Å². The van der Waals surface area contributed by atoms with Crippen LogP contribution in [0.4, 0.5) is 0 Å². The van der Waals surface area contributed by atoms with Crippen LogP contribution in [0.15, 0.2) is 84.9 Å². The summed E-state index contributed by atoms with van der Waals surface area (Å²) in [5.74, 6) is 0. The van der Waals surface area contributed by atoms with Gasteiger partial charge in [-0.05, 0) is 78.3 Å². The molecule has 0 radical (unpaired) electrons. The Labute approximate surface area is 195 Å². The first-order valence-corrected chi connectivity index (χ1v) is 11.3. The van der Waals surface area contributed by atoms with E-state index in [0.29, 0.717) is 5.56 Å². The summed E-state index contributed by atoms with van der Waals surface area (Å²) in [7, 11) is -0.396. The lowest BCUT2D eigenvalue weighted by Crippen LogP contribution is -2.41. The molecule has 0 saturated carbocycles. The highest BCUT2D eigenvalue weighted by molar-refractivity contribution is 6.65. The van der Waals surface area contributed by atoms with Crippen LogP contribution in [0.5, 0.6) is 0 Å². The van der Waals surface area contributed by atoms with E-state index in [1.165, 1.54) is 10.9 Å². The third kappa shape index (κ3) is 3.74. The van der Waals surface area contributed by atoms with Gasteiger partial charge in [0.1, 0.15) is 0 Å². The van der Waals surface area contributed by atoms with E-state index >= 15 is 0 Å². The largest absolute Gasteiger partial charge is 0.495 e. The summed E-state index contributed by atoms with van der Waals surface area (Å²) in [5, 5.41) is 11.3. The molecule has 3 nitrogen and oxygen atoms in total. The number of benzene rings is 4. The predicted molar refractivity (Wildman–Crippen MR) is 135 cm³/mol. The molecule has 1 aliphatic heterocycles. The van der Waals surface area contributed by atoms with Crippen molar-refractivity contribution in [2.24, 2.45) is 0 Å². The normalized spacial score (nSPS) is 16.6. The molecule has 4 heteroatoms. The number of fused-ring (bicyclic) bond motifs is 1. The zero-order valence-electron chi connectivity index (χ0n) is 19.4. The van der Waals surface area contributed by atoms with Gasteiger partial charge in [0.2, 0.25) is 0 Å². The standard InChI is InChI=1S/C29H26BNO2/c1-28(2)29(3,4)33-30(32-28)27-18-17-24(25-7-5-6-8-26(25)27)23-15-13-22(14-16-23)21-11-9-20(19-31)10-12-21/h5-18H,1-4H3. The van der Waals surface area contributed by atoms with Crippen molar-refractivity contribution in [2.45, 2.75) is 38.9 Å². The Kier molecular flexibility index (Phi) is 5.13. The molecule has 0 aromatic heterocycles. The Morgan fingerprint density at radius 2 is 1.15 bits per heavy atom. The van der Waals surface area contributed by atoms with Crippen LogP contribution in [0.1, 0.15) is 33.3 Å². The number of rotatable bonds is 3. The fourth-order valence-electron chi connectivity index (χ4n) is 4.33. The molecule has 5 rings (SSSR count). The molecule has 0 unspecified atom stereocenters. The van der Waals surface area contributed by atoms with Crippen LogP contribution in [0.3, 0.4) is 0 Å². The van der Waals surface area contributed by atoms with Gasteiger partial charge < -0.3 is 9.31 Å². The molecule has 0 spiro atoms. The molecule has 0 aliphatic carbocycles. The van der Waals surface area contributed by atoms with Gasteiger partial charge in [-0.2, -0.15) is 5.26 Å². The number of nitrogens with zero attached hydrogens (tertiary/aromatic N) is 1. The van der Waals surface area contributed by atoms with E-state index < -0.39 is 7.12 Å². The summed E-state index contributed by atoms with van der Waals surface area (Å²) >= 11 is 0. The van der Waals surface area contributed by atoms with E-state index in [9.17, 15) is 0 Å². The van der Waals surface area contributed by atoms with Crippen molar-refractivity contribution in [2.75, 3.05) is 0 Å². The van der Waals surface area contributed by atoms with Crippen molar-refractivity contribution in [3.05, 3.63) is 90.5 Å². The van der Waals surface area contributed by atoms with Crippen LogP contribution in [0.2, 0.25) is 0 Å². The second-order valence-corrected chi connectivity index (χ2v) is 9.60. The predicted octanol–water partition coefficient (Wildman–Crippen LogP) is 6.34. The average molecular weight is 431 g/mol. The lowest BCUT2D eigenvalue weighted by atomic mass is 9.75. The first-order valence-electron chi connectivity index (χ1n) is 11.3. The third-order valence-corrected chi connectivity index (χ3v) is 7.01. The van der Waals surface area contributed by atoms with E-state index in [4.69, 9.17) is 14.6 Å². The van der Waals surface area contributed by atoms with E-state index in [0.717, 1.165) is 27.5 Å². The van der Waals surface area contributed by atoms with Crippen molar-refractivity contribution in [1.29, 1.82) is 5.26 Å². The summed E-state index contributed by atoms with van der Waals surface area (Å²) in [6.07, 6.45) is 0. The van der Waals surface area contributed by atoms with E-state index in [-0.39, 0.29) is 11.2 Å². The summed E-state index contributed by atoms with van der Waals surface area (Å²) in [6, 6.07) is 31.2. The highest BCUT2D eigenvalue weighted by Crippen LogP contribution is 2.38. The number of hydrogen-bond donors (Lipinski definition) is 0. The molecule has 0 bridgehead atoms. The second-order valence-electron chi connectivity index (χ2n) is 9.60. The van der Waals surface area contributed by atoms with Crippen molar-refractivity contribution in [3.63, 3.8) is 0 Å². The van der Waals surface area contributed by atoms with Crippen LogP contribution < -0.4 is 5.46 Å². The molecule has 0 amide bonds. The Hall–Kier alpha value is -3.39. The van der Waals surface area contributed by atoms with Gasteiger partial charge in [0, 0.05) is 0 Å². The smallest absolute Gasteiger partial charge is 0.399 e. The molecule has 0 atom stereocenters. The lowest BCUT2D eigenvalue weighted by Gasteiger charge is -2.32. The van der Waals surface area contributed by atoms with E-state index in [1.54, 1.807) is 0 Å². The fraction of sp³-hybridized carbons (Fsp3) is 0.207. The van der Waals surface area contributed by atoms with Crippen LogP contribution >= 0.6 is 0 Å². The number of nitriles is 1. The van der Waals surface area contributed by atoms with E-state index in [2.05, 4.69) is 94.4 Å². The zero-order chi connectivity index (χ0) is 23.2. The van der Waals surface area contributed by atoms with Gasteiger partial charge in [-0.3, -0.25) is 0 Å². The second kappa shape index (κ2) is 7.88. The molecular formula is C29H26BNO2. The monoisotopic (exact) mass is 431 g/mol. The third-order valence-electron chi connectivity index (χ3n) is 7.01. The van der Waals surface area contributed by atoms with Crippen LogP contribution in [0, 0.1) is 11.3 Å². The van der Waals surface area contributed by atoms with Gasteiger partial charge in [-0.1, -0.05) is 72.8 Å². The summed E-state index contributed by atoms with van der Waals surface area (Å²) < 4.78 is 12.7. The van der Waals surface area contributed by atoms with Crippen LogP contribution in [-0.4, -0.2) is 18.3 Å². The van der Waals surface area contributed by atoms with Crippen LogP contribution in [-0.2, 0) is 9.31 Å². The van der Waals surface area contributed by atoms with Crippen molar-refractivity contribution in [1.82, 2.24) is 0 Å². The summed E-state index contributed by atoms with van der Waals surface area (Å²) in [4.78, 5) is 0. The average Bonchev–Trinajstić information content (AvgIpc) is 3.05. The Morgan fingerprint density at radius 1 is 0.636 bits per heavy atom. The molecule has 162 valence electrons. The maximum atomic E-state index is 9.02. The van der Waals surface area contributed by atoms with Gasteiger partial charge in [0.15, 0.2) is 0 Å². The number of hydrogen-bond acceptors (Lipinski definition) is 3. The van der Waals surface area contributed by atoms with Gasteiger partial charge in [0.05, 0.1) is 22.8 Å². The molecule has 1 aliphatic rings. The lowest BCUT2D eigenvalue weighted by molar-refractivity contribution is 0.00578. The molecule has 1 saturated heterocycles. The molecule has 4 aromatic rings. The first-order chi connectivity index (χ1) is 15.8. The molecule has 4 aromatic carbocycles. The quantitative estimate of drug-likeness (QED) is 0.355. The minimum absolute atomic E-state index is 0.376.